The van der Waals surface area contributed by atoms with E-state index in [4.69, 9.17) is 4.74 Å². The molecule has 2 rings (SSSR count). The number of nitrogens with one attached hydrogen (secondary N) is 1. The van der Waals surface area contributed by atoms with Crippen LogP contribution in [0.3, 0.4) is 0 Å². The molecule has 0 spiro atoms. The second kappa shape index (κ2) is 5.28. The quantitative estimate of drug-likeness (QED) is 0.745. The van der Waals surface area contributed by atoms with Crippen molar-refractivity contribution in [2.75, 3.05) is 26.2 Å². The summed E-state index contributed by atoms with van der Waals surface area (Å²) in [5.41, 5.74) is 0. The Bertz CT molecular complexity index is 192. The molecule has 3 atom stereocenters. The molecule has 0 aromatic rings. The molecule has 2 fully saturated rings. The topological polar surface area (TPSA) is 24.5 Å². The summed E-state index contributed by atoms with van der Waals surface area (Å²) < 4.78 is 5.72. The summed E-state index contributed by atoms with van der Waals surface area (Å²) in [5, 5.41) is 3.55. The summed E-state index contributed by atoms with van der Waals surface area (Å²) in [7, 11) is 0. The molecule has 0 aliphatic carbocycles. The third-order valence-corrected chi connectivity index (χ3v) is 3.65. The van der Waals surface area contributed by atoms with Gasteiger partial charge in [0.15, 0.2) is 0 Å². The first-order valence-corrected chi connectivity index (χ1v) is 6.34. The number of hydrogen-bond acceptors (Lipinski definition) is 3. The van der Waals surface area contributed by atoms with E-state index in [1.54, 1.807) is 0 Å². The monoisotopic (exact) mass is 212 g/mol. The normalized spacial score (nSPS) is 39.2. The van der Waals surface area contributed by atoms with E-state index in [0.29, 0.717) is 18.2 Å². The lowest BCUT2D eigenvalue weighted by Crippen LogP contribution is -2.42. The maximum atomic E-state index is 5.72. The van der Waals surface area contributed by atoms with E-state index < -0.39 is 0 Å². The highest BCUT2D eigenvalue weighted by Crippen LogP contribution is 2.17. The second-order valence-electron chi connectivity index (χ2n) is 5.08. The van der Waals surface area contributed by atoms with Gasteiger partial charge in [-0.3, -0.25) is 4.90 Å². The van der Waals surface area contributed by atoms with Crippen molar-refractivity contribution in [3.05, 3.63) is 0 Å². The van der Waals surface area contributed by atoms with E-state index in [-0.39, 0.29) is 0 Å². The molecule has 88 valence electrons. The SMILES string of the molecule is CC1CN(CC2CCCO2)C(C)CCN1. The van der Waals surface area contributed by atoms with Gasteiger partial charge >= 0.3 is 0 Å². The minimum atomic E-state index is 0.498. The second-order valence-corrected chi connectivity index (χ2v) is 5.08. The summed E-state index contributed by atoms with van der Waals surface area (Å²) >= 11 is 0. The van der Waals surface area contributed by atoms with Crippen LogP contribution in [0.25, 0.3) is 0 Å². The van der Waals surface area contributed by atoms with Gasteiger partial charge in [-0.1, -0.05) is 0 Å². The molecular weight excluding hydrogens is 188 g/mol. The Hall–Kier alpha value is -0.120. The van der Waals surface area contributed by atoms with Crippen LogP contribution in [-0.2, 0) is 4.74 Å². The van der Waals surface area contributed by atoms with E-state index >= 15 is 0 Å². The highest BCUT2D eigenvalue weighted by Gasteiger charge is 2.25. The molecule has 0 aromatic carbocycles. The van der Waals surface area contributed by atoms with Gasteiger partial charge in [-0.05, 0) is 39.7 Å². The highest BCUT2D eigenvalue weighted by molar-refractivity contribution is 4.81. The Labute approximate surface area is 93.2 Å². The average Bonchev–Trinajstić information content (AvgIpc) is 2.63. The molecule has 0 saturated carbocycles. The smallest absolute Gasteiger partial charge is 0.0702 e. The molecule has 0 bridgehead atoms. The molecule has 3 heteroatoms. The number of hydrogen-bond donors (Lipinski definition) is 1. The highest BCUT2D eigenvalue weighted by atomic mass is 16.5. The lowest BCUT2D eigenvalue weighted by Gasteiger charge is -2.30. The lowest BCUT2D eigenvalue weighted by molar-refractivity contribution is 0.0597. The first-order chi connectivity index (χ1) is 7.25. The molecule has 0 amide bonds. The van der Waals surface area contributed by atoms with E-state index in [2.05, 4.69) is 24.1 Å². The third-order valence-electron chi connectivity index (χ3n) is 3.65. The van der Waals surface area contributed by atoms with Crippen molar-refractivity contribution in [2.45, 2.75) is 51.3 Å². The van der Waals surface area contributed by atoms with Crippen LogP contribution in [0.1, 0.15) is 33.1 Å². The molecule has 0 aromatic heterocycles. The Morgan fingerprint density at radius 3 is 2.93 bits per heavy atom. The average molecular weight is 212 g/mol. The molecule has 0 radical (unpaired) electrons. The first-order valence-electron chi connectivity index (χ1n) is 6.34. The van der Waals surface area contributed by atoms with Gasteiger partial charge in [0.25, 0.3) is 0 Å². The van der Waals surface area contributed by atoms with Gasteiger partial charge in [0.2, 0.25) is 0 Å². The standard InChI is InChI=1S/C12H24N2O/c1-10-8-14(11(2)5-6-13-10)9-12-4-3-7-15-12/h10-13H,3-9H2,1-2H3. The van der Waals surface area contributed by atoms with Crippen LogP contribution in [0.4, 0.5) is 0 Å². The molecule has 1 N–H and O–H groups in total. The lowest BCUT2D eigenvalue weighted by atomic mass is 10.1. The van der Waals surface area contributed by atoms with E-state index in [1.165, 1.54) is 25.8 Å². The zero-order chi connectivity index (χ0) is 10.7. The van der Waals surface area contributed by atoms with Crippen LogP contribution < -0.4 is 5.32 Å². The third kappa shape index (κ3) is 3.16. The molecule has 15 heavy (non-hydrogen) atoms. The molecule has 2 aliphatic rings. The molecule has 2 heterocycles. The Balaban J connectivity index is 1.86. The Morgan fingerprint density at radius 2 is 2.20 bits per heavy atom. The van der Waals surface area contributed by atoms with Crippen molar-refractivity contribution in [3.8, 4) is 0 Å². The fourth-order valence-corrected chi connectivity index (χ4v) is 2.62. The van der Waals surface area contributed by atoms with Gasteiger partial charge in [-0.25, -0.2) is 0 Å². The fraction of sp³-hybridized carbons (Fsp3) is 1.00. The minimum Gasteiger partial charge on any atom is -0.377 e. The van der Waals surface area contributed by atoms with Crippen molar-refractivity contribution in [1.29, 1.82) is 0 Å². The summed E-state index contributed by atoms with van der Waals surface area (Å²) in [6.45, 7) is 9.05. The van der Waals surface area contributed by atoms with Crippen LogP contribution in [-0.4, -0.2) is 49.3 Å². The van der Waals surface area contributed by atoms with E-state index in [0.717, 1.165) is 19.7 Å². The number of nitrogens with zero attached hydrogens (tertiary/aromatic N) is 1. The zero-order valence-corrected chi connectivity index (χ0v) is 10.0. The van der Waals surface area contributed by atoms with Gasteiger partial charge < -0.3 is 10.1 Å². The summed E-state index contributed by atoms with van der Waals surface area (Å²) in [4.78, 5) is 2.60. The van der Waals surface area contributed by atoms with Crippen molar-refractivity contribution in [3.63, 3.8) is 0 Å². The fourth-order valence-electron chi connectivity index (χ4n) is 2.62. The van der Waals surface area contributed by atoms with Gasteiger partial charge in [-0.2, -0.15) is 0 Å². The summed E-state index contributed by atoms with van der Waals surface area (Å²) in [6, 6.07) is 1.32. The van der Waals surface area contributed by atoms with Crippen LogP contribution in [0.2, 0.25) is 0 Å². The Kier molecular flexibility index (Phi) is 4.00. The van der Waals surface area contributed by atoms with Crippen molar-refractivity contribution >= 4 is 0 Å². The van der Waals surface area contributed by atoms with Crippen molar-refractivity contribution in [2.24, 2.45) is 0 Å². The molecule has 2 aliphatic heterocycles. The predicted molar refractivity (Wildman–Crippen MR) is 62.1 cm³/mol. The van der Waals surface area contributed by atoms with Gasteiger partial charge in [0.05, 0.1) is 6.10 Å². The van der Waals surface area contributed by atoms with E-state index in [1.807, 2.05) is 0 Å². The maximum Gasteiger partial charge on any atom is 0.0702 e. The number of rotatable bonds is 2. The molecule has 2 saturated heterocycles. The largest absolute Gasteiger partial charge is 0.377 e. The Morgan fingerprint density at radius 1 is 1.33 bits per heavy atom. The van der Waals surface area contributed by atoms with E-state index in [9.17, 15) is 0 Å². The van der Waals surface area contributed by atoms with Crippen molar-refractivity contribution in [1.82, 2.24) is 10.2 Å². The van der Waals surface area contributed by atoms with Crippen LogP contribution in [0.15, 0.2) is 0 Å². The number of ether oxygens (including phenoxy) is 1. The minimum absolute atomic E-state index is 0.498. The first kappa shape index (κ1) is 11.4. The van der Waals surface area contributed by atoms with Crippen molar-refractivity contribution < 1.29 is 4.74 Å². The van der Waals surface area contributed by atoms with Gasteiger partial charge in [0.1, 0.15) is 0 Å². The van der Waals surface area contributed by atoms with Crippen LogP contribution in [0, 0.1) is 0 Å². The predicted octanol–water partition coefficient (Wildman–Crippen LogP) is 1.24. The van der Waals surface area contributed by atoms with Crippen LogP contribution >= 0.6 is 0 Å². The summed E-state index contributed by atoms with van der Waals surface area (Å²) in [5.74, 6) is 0. The van der Waals surface area contributed by atoms with Gasteiger partial charge in [-0.15, -0.1) is 0 Å². The zero-order valence-electron chi connectivity index (χ0n) is 10.0. The summed E-state index contributed by atoms with van der Waals surface area (Å²) in [6.07, 6.45) is 4.26. The molecule has 3 unspecified atom stereocenters. The van der Waals surface area contributed by atoms with Crippen LogP contribution in [0.5, 0.6) is 0 Å². The molecular formula is C12H24N2O. The maximum absolute atomic E-state index is 5.72. The molecule has 3 nitrogen and oxygen atoms in total. The van der Waals surface area contributed by atoms with Gasteiger partial charge in [0, 0.05) is 31.8 Å².